The SMILES string of the molecule is Cc1cncc(C(=O)N(CC(=O)O)CC(=O)O)c1. The van der Waals surface area contributed by atoms with Crippen LogP contribution in [0.2, 0.25) is 0 Å². The van der Waals surface area contributed by atoms with Crippen molar-refractivity contribution in [3.63, 3.8) is 0 Å². The van der Waals surface area contributed by atoms with Crippen LogP contribution in [0.5, 0.6) is 0 Å². The summed E-state index contributed by atoms with van der Waals surface area (Å²) in [4.78, 5) is 37.7. The Morgan fingerprint density at radius 3 is 2.17 bits per heavy atom. The maximum Gasteiger partial charge on any atom is 0.323 e. The summed E-state index contributed by atoms with van der Waals surface area (Å²) in [5.41, 5.74) is 0.893. The highest BCUT2D eigenvalue weighted by Gasteiger charge is 2.21. The second kappa shape index (κ2) is 5.76. The van der Waals surface area contributed by atoms with E-state index in [9.17, 15) is 14.4 Å². The molecule has 0 unspecified atom stereocenters. The van der Waals surface area contributed by atoms with Gasteiger partial charge in [0.15, 0.2) is 0 Å². The average Bonchev–Trinajstić information content (AvgIpc) is 2.26. The van der Waals surface area contributed by atoms with Gasteiger partial charge in [0.25, 0.3) is 5.91 Å². The summed E-state index contributed by atoms with van der Waals surface area (Å²) in [7, 11) is 0. The van der Waals surface area contributed by atoms with Crippen LogP contribution in [0.1, 0.15) is 15.9 Å². The van der Waals surface area contributed by atoms with E-state index in [0.717, 1.165) is 10.5 Å². The molecule has 0 aliphatic rings. The van der Waals surface area contributed by atoms with Gasteiger partial charge in [0.2, 0.25) is 0 Å². The lowest BCUT2D eigenvalue weighted by molar-refractivity contribution is -0.140. The molecule has 1 aromatic heterocycles. The third-order valence-corrected chi connectivity index (χ3v) is 2.06. The maximum absolute atomic E-state index is 11.9. The van der Waals surface area contributed by atoms with Crippen molar-refractivity contribution in [2.75, 3.05) is 13.1 Å². The second-order valence-corrected chi connectivity index (χ2v) is 3.70. The van der Waals surface area contributed by atoms with Crippen molar-refractivity contribution in [2.24, 2.45) is 0 Å². The van der Waals surface area contributed by atoms with Crippen LogP contribution < -0.4 is 0 Å². The number of aromatic nitrogens is 1. The lowest BCUT2D eigenvalue weighted by atomic mass is 10.2. The first kappa shape index (κ1) is 13.6. The highest BCUT2D eigenvalue weighted by atomic mass is 16.4. The molecule has 0 saturated carbocycles. The fourth-order valence-corrected chi connectivity index (χ4v) is 1.38. The summed E-state index contributed by atoms with van der Waals surface area (Å²) in [6.45, 7) is 0.390. The molecule has 0 saturated heterocycles. The van der Waals surface area contributed by atoms with Crippen LogP contribution in [0.4, 0.5) is 0 Å². The minimum atomic E-state index is -1.27. The largest absolute Gasteiger partial charge is 0.480 e. The zero-order valence-electron chi connectivity index (χ0n) is 9.66. The van der Waals surface area contributed by atoms with E-state index in [-0.39, 0.29) is 5.56 Å². The van der Waals surface area contributed by atoms with Gasteiger partial charge < -0.3 is 15.1 Å². The van der Waals surface area contributed by atoms with Crippen molar-refractivity contribution in [3.8, 4) is 0 Å². The molecule has 7 heteroatoms. The number of pyridine rings is 1. The van der Waals surface area contributed by atoms with Crippen molar-refractivity contribution in [3.05, 3.63) is 29.6 Å². The fourth-order valence-electron chi connectivity index (χ4n) is 1.38. The molecule has 0 aliphatic heterocycles. The number of carboxylic acid groups (broad SMARTS) is 2. The lowest BCUT2D eigenvalue weighted by Crippen LogP contribution is -2.39. The molecule has 7 nitrogen and oxygen atoms in total. The maximum atomic E-state index is 11.9. The van der Waals surface area contributed by atoms with Gasteiger partial charge in [0.05, 0.1) is 5.56 Å². The lowest BCUT2D eigenvalue weighted by Gasteiger charge is -2.18. The van der Waals surface area contributed by atoms with Crippen LogP contribution in [0.3, 0.4) is 0 Å². The number of aliphatic carboxylic acids is 2. The Morgan fingerprint density at radius 1 is 1.17 bits per heavy atom. The third kappa shape index (κ3) is 3.85. The van der Waals surface area contributed by atoms with Crippen LogP contribution in [-0.4, -0.2) is 51.0 Å². The molecule has 0 bridgehead atoms. The van der Waals surface area contributed by atoms with Gasteiger partial charge in [0, 0.05) is 12.4 Å². The van der Waals surface area contributed by atoms with Gasteiger partial charge in [-0.1, -0.05) is 0 Å². The Bertz CT molecular complexity index is 470. The van der Waals surface area contributed by atoms with Crippen LogP contribution in [0.15, 0.2) is 18.5 Å². The Hall–Kier alpha value is -2.44. The average molecular weight is 252 g/mol. The van der Waals surface area contributed by atoms with Gasteiger partial charge in [-0.05, 0) is 18.6 Å². The third-order valence-electron chi connectivity index (χ3n) is 2.06. The fraction of sp³-hybridized carbons (Fsp3) is 0.273. The second-order valence-electron chi connectivity index (χ2n) is 3.70. The minimum absolute atomic E-state index is 0.164. The summed E-state index contributed by atoms with van der Waals surface area (Å²) in [5.74, 6) is -3.22. The summed E-state index contributed by atoms with van der Waals surface area (Å²) in [5, 5.41) is 17.3. The first-order chi connectivity index (χ1) is 8.40. The number of hydrogen-bond acceptors (Lipinski definition) is 4. The molecule has 0 spiro atoms. The number of aryl methyl sites for hydroxylation is 1. The normalized spacial score (nSPS) is 9.83. The molecular weight excluding hydrogens is 240 g/mol. The van der Waals surface area contributed by atoms with Crippen molar-refractivity contribution in [1.82, 2.24) is 9.88 Å². The number of carboxylic acids is 2. The molecule has 0 aliphatic carbocycles. The van der Waals surface area contributed by atoms with Crippen LogP contribution in [0.25, 0.3) is 0 Å². The molecule has 2 N–H and O–H groups in total. The van der Waals surface area contributed by atoms with E-state index in [2.05, 4.69) is 4.98 Å². The molecule has 0 atom stereocenters. The molecule has 1 amide bonds. The van der Waals surface area contributed by atoms with Crippen molar-refractivity contribution in [2.45, 2.75) is 6.92 Å². The molecule has 1 rings (SSSR count). The van der Waals surface area contributed by atoms with E-state index >= 15 is 0 Å². The highest BCUT2D eigenvalue weighted by Crippen LogP contribution is 2.06. The summed E-state index contributed by atoms with van der Waals surface area (Å²) in [6, 6.07) is 1.52. The molecule has 0 aromatic carbocycles. The van der Waals surface area contributed by atoms with Crippen molar-refractivity contribution >= 4 is 17.8 Å². The number of hydrogen-bond donors (Lipinski definition) is 2. The van der Waals surface area contributed by atoms with Crippen LogP contribution in [-0.2, 0) is 9.59 Å². The Balaban J connectivity index is 2.94. The minimum Gasteiger partial charge on any atom is -0.480 e. The zero-order chi connectivity index (χ0) is 13.7. The summed E-state index contributed by atoms with van der Waals surface area (Å²) in [6.07, 6.45) is 2.81. The van der Waals surface area contributed by atoms with Gasteiger partial charge in [-0.3, -0.25) is 19.4 Å². The Labute approximate surface area is 103 Å². The number of rotatable bonds is 5. The number of nitrogens with zero attached hydrogens (tertiary/aromatic N) is 2. The Morgan fingerprint density at radius 2 is 1.72 bits per heavy atom. The van der Waals surface area contributed by atoms with Gasteiger partial charge in [-0.2, -0.15) is 0 Å². The van der Waals surface area contributed by atoms with Gasteiger partial charge in [0.1, 0.15) is 13.1 Å². The van der Waals surface area contributed by atoms with Gasteiger partial charge in [-0.25, -0.2) is 0 Å². The molecule has 0 fully saturated rings. The molecule has 0 radical (unpaired) electrons. The first-order valence-corrected chi connectivity index (χ1v) is 5.04. The van der Waals surface area contributed by atoms with Crippen molar-refractivity contribution < 1.29 is 24.6 Å². The number of amides is 1. The van der Waals surface area contributed by atoms with Gasteiger partial charge in [-0.15, -0.1) is 0 Å². The van der Waals surface area contributed by atoms with Crippen molar-refractivity contribution in [1.29, 1.82) is 0 Å². The smallest absolute Gasteiger partial charge is 0.323 e. The Kier molecular flexibility index (Phi) is 4.36. The van der Waals surface area contributed by atoms with E-state index in [4.69, 9.17) is 10.2 Å². The molecule has 1 aromatic rings. The highest BCUT2D eigenvalue weighted by molar-refractivity contribution is 5.97. The number of carbonyl (C=O) groups excluding carboxylic acids is 1. The van der Waals surface area contributed by atoms with Crippen LogP contribution >= 0.6 is 0 Å². The van der Waals surface area contributed by atoms with E-state index in [0.29, 0.717) is 0 Å². The quantitative estimate of drug-likeness (QED) is 0.763. The molecular formula is C11H12N2O5. The summed E-state index contributed by atoms with van der Waals surface area (Å²) >= 11 is 0. The van der Waals surface area contributed by atoms with Crippen LogP contribution in [0, 0.1) is 6.92 Å². The van der Waals surface area contributed by atoms with Gasteiger partial charge >= 0.3 is 11.9 Å². The van der Waals surface area contributed by atoms with E-state index in [1.165, 1.54) is 18.5 Å². The predicted molar refractivity (Wildman–Crippen MR) is 60.1 cm³/mol. The molecule has 1 heterocycles. The standard InChI is InChI=1S/C11H12N2O5/c1-7-2-8(4-12-3-7)11(18)13(5-9(14)15)6-10(16)17/h2-4H,5-6H2,1H3,(H,14,15)(H,16,17). The number of carbonyl (C=O) groups is 3. The summed E-state index contributed by atoms with van der Waals surface area (Å²) < 4.78 is 0. The van der Waals surface area contributed by atoms with E-state index in [1.54, 1.807) is 6.92 Å². The molecule has 18 heavy (non-hydrogen) atoms. The first-order valence-electron chi connectivity index (χ1n) is 5.04. The van der Waals surface area contributed by atoms with E-state index in [1.807, 2.05) is 0 Å². The van der Waals surface area contributed by atoms with E-state index < -0.39 is 30.9 Å². The monoisotopic (exact) mass is 252 g/mol. The molecule has 96 valence electrons. The zero-order valence-corrected chi connectivity index (χ0v) is 9.66. The topological polar surface area (TPSA) is 108 Å². The predicted octanol–water partition coefficient (Wildman–Crippen LogP) is 0.00142.